The van der Waals surface area contributed by atoms with Gasteiger partial charge in [0.2, 0.25) is 0 Å². The average molecular weight is 498 g/mol. The van der Waals surface area contributed by atoms with Gasteiger partial charge in [0.1, 0.15) is 21.7 Å². The maximum atomic E-state index is 13.1. The second-order valence-corrected chi connectivity index (χ2v) is 8.87. The normalized spacial score (nSPS) is 15.8. The predicted octanol–water partition coefficient (Wildman–Crippen LogP) is 7.16. The van der Waals surface area contributed by atoms with Gasteiger partial charge in [-0.25, -0.2) is 4.39 Å². The Morgan fingerprint density at radius 3 is 2.50 bits per heavy atom. The Morgan fingerprint density at radius 2 is 1.81 bits per heavy atom. The second kappa shape index (κ2) is 8.73. The van der Waals surface area contributed by atoms with E-state index in [-0.39, 0.29) is 40.4 Å². The third-order valence-corrected chi connectivity index (χ3v) is 6.29. The van der Waals surface area contributed by atoms with Gasteiger partial charge in [-0.05, 0) is 48.0 Å². The van der Waals surface area contributed by atoms with E-state index in [1.807, 2.05) is 0 Å². The Labute approximate surface area is 194 Å². The van der Waals surface area contributed by atoms with Crippen LogP contribution < -0.4 is 0 Å². The summed E-state index contributed by atoms with van der Waals surface area (Å²) >= 11 is 12.4. The maximum absolute atomic E-state index is 13.1. The fraction of sp³-hybridized carbons (Fsp3) is 0.0909. The highest BCUT2D eigenvalue weighted by molar-refractivity contribution is 8.26. The summed E-state index contributed by atoms with van der Waals surface area (Å²) in [5, 5.41) is 0.101. The number of benzene rings is 2. The third-order valence-electron chi connectivity index (χ3n) is 4.59. The van der Waals surface area contributed by atoms with Gasteiger partial charge in [-0.1, -0.05) is 47.7 Å². The van der Waals surface area contributed by atoms with Gasteiger partial charge in [0.15, 0.2) is 0 Å². The molecule has 0 atom stereocenters. The first-order chi connectivity index (χ1) is 15.1. The van der Waals surface area contributed by atoms with E-state index in [1.54, 1.807) is 12.1 Å². The minimum Gasteiger partial charge on any atom is -0.457 e. The Bertz CT molecular complexity index is 1240. The van der Waals surface area contributed by atoms with Crippen LogP contribution in [-0.2, 0) is 17.5 Å². The van der Waals surface area contributed by atoms with E-state index in [0.717, 1.165) is 30.0 Å². The molecule has 32 heavy (non-hydrogen) atoms. The number of hydrogen-bond donors (Lipinski definition) is 0. The van der Waals surface area contributed by atoms with Crippen LogP contribution in [0.25, 0.3) is 17.4 Å². The van der Waals surface area contributed by atoms with E-state index in [0.29, 0.717) is 14.8 Å². The quantitative estimate of drug-likeness (QED) is 0.217. The van der Waals surface area contributed by atoms with E-state index in [1.165, 1.54) is 35.2 Å². The number of halogens is 5. The monoisotopic (exact) mass is 497 g/mol. The first-order valence-corrected chi connectivity index (χ1v) is 10.7. The van der Waals surface area contributed by atoms with Crippen LogP contribution in [0.3, 0.4) is 0 Å². The van der Waals surface area contributed by atoms with Crippen molar-refractivity contribution in [1.29, 1.82) is 0 Å². The van der Waals surface area contributed by atoms with Crippen molar-refractivity contribution in [1.82, 2.24) is 4.90 Å². The van der Waals surface area contributed by atoms with Gasteiger partial charge < -0.3 is 4.42 Å². The summed E-state index contributed by atoms with van der Waals surface area (Å²) in [6.45, 7) is 0.186. The van der Waals surface area contributed by atoms with Crippen LogP contribution in [0.5, 0.6) is 0 Å². The van der Waals surface area contributed by atoms with Crippen molar-refractivity contribution in [2.24, 2.45) is 0 Å². The Morgan fingerprint density at radius 1 is 1.09 bits per heavy atom. The van der Waals surface area contributed by atoms with Crippen molar-refractivity contribution >= 4 is 51.9 Å². The zero-order valence-electron chi connectivity index (χ0n) is 16.0. The van der Waals surface area contributed by atoms with Crippen molar-refractivity contribution < 1.29 is 26.8 Å². The first-order valence-electron chi connectivity index (χ1n) is 9.08. The van der Waals surface area contributed by atoms with Crippen LogP contribution in [0, 0.1) is 5.82 Å². The lowest BCUT2D eigenvalue weighted by molar-refractivity contribution is -0.137. The van der Waals surface area contributed by atoms with E-state index in [4.69, 9.17) is 28.2 Å². The van der Waals surface area contributed by atoms with Crippen LogP contribution in [0.4, 0.5) is 17.6 Å². The number of thiocarbonyl (C=S) groups is 1. The van der Waals surface area contributed by atoms with Crippen molar-refractivity contribution in [3.8, 4) is 11.3 Å². The zero-order chi connectivity index (χ0) is 23.0. The SMILES string of the molecule is O=C1/C(=C/c2ccc(-c3cc(C(F)(F)F)ccc3Cl)o2)SC(=S)N1Cc1ccc(F)cc1. The Kier molecular flexibility index (Phi) is 6.15. The van der Waals surface area contributed by atoms with Gasteiger partial charge in [0.25, 0.3) is 5.91 Å². The van der Waals surface area contributed by atoms with Crippen LogP contribution in [-0.4, -0.2) is 15.1 Å². The highest BCUT2D eigenvalue weighted by Gasteiger charge is 2.33. The molecular weight excluding hydrogens is 486 g/mol. The number of amides is 1. The summed E-state index contributed by atoms with van der Waals surface area (Å²) in [5.41, 5.74) is -0.0510. The van der Waals surface area contributed by atoms with Crippen LogP contribution in [0.15, 0.2) is 63.9 Å². The molecule has 0 N–H and O–H groups in total. The molecule has 3 nitrogen and oxygen atoms in total. The molecule has 1 saturated heterocycles. The lowest BCUT2D eigenvalue weighted by Crippen LogP contribution is -2.27. The Hall–Kier alpha value is -2.62. The van der Waals surface area contributed by atoms with Gasteiger partial charge in [-0.3, -0.25) is 9.69 Å². The molecule has 0 saturated carbocycles. The van der Waals surface area contributed by atoms with Crippen LogP contribution in [0.1, 0.15) is 16.9 Å². The highest BCUT2D eigenvalue weighted by Crippen LogP contribution is 2.38. The third kappa shape index (κ3) is 4.74. The smallest absolute Gasteiger partial charge is 0.416 e. The number of nitrogens with zero attached hydrogens (tertiary/aromatic N) is 1. The molecule has 0 radical (unpaired) electrons. The molecule has 1 amide bonds. The van der Waals surface area contributed by atoms with E-state index >= 15 is 0 Å². The molecule has 2 aromatic carbocycles. The number of carbonyl (C=O) groups is 1. The van der Waals surface area contributed by atoms with Crippen molar-refractivity contribution in [2.75, 3.05) is 0 Å². The molecule has 2 heterocycles. The zero-order valence-corrected chi connectivity index (χ0v) is 18.3. The largest absolute Gasteiger partial charge is 0.457 e. The summed E-state index contributed by atoms with van der Waals surface area (Å²) < 4.78 is 58.1. The fourth-order valence-electron chi connectivity index (χ4n) is 3.00. The molecule has 3 aromatic rings. The molecule has 0 spiro atoms. The van der Waals surface area contributed by atoms with E-state index < -0.39 is 11.7 Å². The first kappa shape index (κ1) is 22.6. The second-order valence-electron chi connectivity index (χ2n) is 6.79. The summed E-state index contributed by atoms with van der Waals surface area (Å²) in [6, 6.07) is 11.7. The maximum Gasteiger partial charge on any atom is 0.416 e. The topological polar surface area (TPSA) is 33.5 Å². The summed E-state index contributed by atoms with van der Waals surface area (Å²) in [5.74, 6) is -0.335. The van der Waals surface area contributed by atoms with Crippen molar-refractivity contribution in [3.63, 3.8) is 0 Å². The molecular formula is C22H12ClF4NO2S2. The Balaban J connectivity index is 1.56. The molecule has 0 unspecified atom stereocenters. The van der Waals surface area contributed by atoms with E-state index in [2.05, 4.69) is 0 Å². The average Bonchev–Trinajstić information content (AvgIpc) is 3.29. The minimum atomic E-state index is -4.52. The molecule has 164 valence electrons. The van der Waals surface area contributed by atoms with Crippen LogP contribution in [0.2, 0.25) is 5.02 Å². The molecule has 1 fully saturated rings. The molecule has 0 bridgehead atoms. The van der Waals surface area contributed by atoms with Gasteiger partial charge in [0.05, 0.1) is 22.0 Å². The van der Waals surface area contributed by atoms with Crippen LogP contribution >= 0.6 is 35.6 Å². The van der Waals surface area contributed by atoms with Gasteiger partial charge in [0, 0.05) is 11.6 Å². The summed E-state index contributed by atoms with van der Waals surface area (Å²) in [7, 11) is 0. The molecule has 1 aromatic heterocycles. The number of furan rings is 1. The summed E-state index contributed by atoms with van der Waals surface area (Å²) in [4.78, 5) is 14.4. The molecule has 10 heteroatoms. The molecule has 1 aliphatic heterocycles. The molecule has 4 rings (SSSR count). The minimum absolute atomic E-state index is 0.0880. The molecule has 1 aliphatic rings. The number of hydrogen-bond acceptors (Lipinski definition) is 4. The van der Waals surface area contributed by atoms with Gasteiger partial charge in [-0.2, -0.15) is 13.2 Å². The van der Waals surface area contributed by atoms with Gasteiger partial charge in [-0.15, -0.1) is 0 Å². The highest BCUT2D eigenvalue weighted by atomic mass is 35.5. The predicted molar refractivity (Wildman–Crippen MR) is 119 cm³/mol. The van der Waals surface area contributed by atoms with Gasteiger partial charge >= 0.3 is 6.18 Å². The number of rotatable bonds is 4. The number of thioether (sulfide) groups is 1. The lowest BCUT2D eigenvalue weighted by atomic mass is 10.1. The van der Waals surface area contributed by atoms with Crippen molar-refractivity contribution in [3.05, 3.63) is 87.2 Å². The molecule has 0 aliphatic carbocycles. The number of carbonyl (C=O) groups excluding carboxylic acids is 1. The number of alkyl halides is 3. The fourth-order valence-corrected chi connectivity index (χ4v) is 4.45. The standard InChI is InChI=1S/C22H12ClF4NO2S2/c23-17-7-3-13(22(25,26)27)9-16(17)18-8-6-15(30-18)10-19-20(29)28(21(31)32-19)11-12-1-4-14(24)5-2-12/h1-10H,11H2/b19-10-. The van der Waals surface area contributed by atoms with E-state index in [9.17, 15) is 22.4 Å². The lowest BCUT2D eigenvalue weighted by Gasteiger charge is -2.14. The summed E-state index contributed by atoms with van der Waals surface area (Å²) in [6.07, 6.45) is -3.05. The van der Waals surface area contributed by atoms with Crippen molar-refractivity contribution in [2.45, 2.75) is 12.7 Å².